The zero-order valence-electron chi connectivity index (χ0n) is 14.1. The van der Waals surface area contributed by atoms with Crippen molar-refractivity contribution in [3.05, 3.63) is 41.3 Å². The molecular weight excluding hydrogens is 332 g/mol. The van der Waals surface area contributed by atoms with E-state index in [0.717, 1.165) is 34.8 Å². The molecule has 4 aromatic heterocycles. The number of fused-ring (bicyclic) bond motifs is 5. The molecule has 25 heavy (non-hydrogen) atoms. The Morgan fingerprint density at radius 2 is 2.16 bits per heavy atom. The van der Waals surface area contributed by atoms with Gasteiger partial charge in [-0.25, -0.2) is 14.5 Å². The molecule has 7 heteroatoms. The van der Waals surface area contributed by atoms with Crippen LogP contribution < -0.4 is 4.90 Å². The van der Waals surface area contributed by atoms with Crippen LogP contribution in [0.2, 0.25) is 0 Å². The highest BCUT2D eigenvalue weighted by molar-refractivity contribution is 7.19. The molecule has 0 radical (unpaired) electrons. The highest BCUT2D eigenvalue weighted by Crippen LogP contribution is 2.33. The van der Waals surface area contributed by atoms with E-state index in [1.807, 2.05) is 28.0 Å². The first kappa shape index (κ1) is 14.9. The van der Waals surface area contributed by atoms with Gasteiger partial charge in [0.25, 0.3) is 0 Å². The SMILES string of the molecule is CCC[NH+]1CCc2c(sc3ncn4nc(-c5ccncc5)nc4c23)C1. The smallest absolute Gasteiger partial charge is 0.182 e. The average Bonchev–Trinajstić information content (AvgIpc) is 3.23. The summed E-state index contributed by atoms with van der Waals surface area (Å²) in [5, 5.41) is 5.82. The van der Waals surface area contributed by atoms with Gasteiger partial charge in [-0.1, -0.05) is 6.92 Å². The van der Waals surface area contributed by atoms with Crippen LogP contribution in [0.25, 0.3) is 27.3 Å². The largest absolute Gasteiger partial charge is 0.330 e. The van der Waals surface area contributed by atoms with Gasteiger partial charge in [0.15, 0.2) is 11.5 Å². The number of pyridine rings is 1. The van der Waals surface area contributed by atoms with Crippen molar-refractivity contribution in [3.63, 3.8) is 0 Å². The molecule has 0 aliphatic carbocycles. The van der Waals surface area contributed by atoms with E-state index in [9.17, 15) is 0 Å². The van der Waals surface area contributed by atoms with E-state index < -0.39 is 0 Å². The summed E-state index contributed by atoms with van der Waals surface area (Å²) < 4.78 is 1.82. The van der Waals surface area contributed by atoms with Gasteiger partial charge in [0.1, 0.15) is 17.7 Å². The van der Waals surface area contributed by atoms with Crippen molar-refractivity contribution in [3.8, 4) is 11.4 Å². The standard InChI is InChI=1S/C18H18N6S/c1-2-8-23-9-5-13-14(10-23)25-18-15(13)17-21-16(22-24(17)11-20-18)12-3-6-19-7-4-12/h3-4,6-7,11H,2,5,8-10H2,1H3/p+1. The van der Waals surface area contributed by atoms with Gasteiger partial charge < -0.3 is 4.90 Å². The predicted molar refractivity (Wildman–Crippen MR) is 97.8 cm³/mol. The second-order valence-corrected chi connectivity index (χ2v) is 7.63. The molecule has 0 aromatic carbocycles. The molecule has 0 fully saturated rings. The van der Waals surface area contributed by atoms with E-state index >= 15 is 0 Å². The number of quaternary nitrogens is 1. The molecule has 1 unspecified atom stereocenters. The number of hydrogen-bond acceptors (Lipinski definition) is 5. The third-order valence-electron chi connectivity index (χ3n) is 4.89. The molecule has 0 spiro atoms. The normalized spacial score (nSPS) is 17.2. The lowest BCUT2D eigenvalue weighted by molar-refractivity contribution is -0.915. The zero-order chi connectivity index (χ0) is 16.8. The Labute approximate surface area is 149 Å². The van der Waals surface area contributed by atoms with Crippen LogP contribution >= 0.6 is 11.3 Å². The van der Waals surface area contributed by atoms with Crippen molar-refractivity contribution in [2.75, 3.05) is 13.1 Å². The molecule has 0 bridgehead atoms. The maximum absolute atomic E-state index is 4.83. The van der Waals surface area contributed by atoms with Gasteiger partial charge >= 0.3 is 0 Å². The lowest BCUT2D eigenvalue weighted by atomic mass is 10.1. The summed E-state index contributed by atoms with van der Waals surface area (Å²) >= 11 is 1.83. The third kappa shape index (κ3) is 2.42. The molecule has 4 aromatic rings. The van der Waals surface area contributed by atoms with Crippen molar-refractivity contribution in [1.82, 2.24) is 24.6 Å². The van der Waals surface area contributed by atoms with Crippen molar-refractivity contribution in [1.29, 1.82) is 0 Å². The van der Waals surface area contributed by atoms with Crippen molar-refractivity contribution >= 4 is 27.2 Å². The number of nitrogens with one attached hydrogen (secondary N) is 1. The van der Waals surface area contributed by atoms with E-state index in [0.29, 0.717) is 0 Å². The molecule has 0 saturated heterocycles. The van der Waals surface area contributed by atoms with Crippen LogP contribution in [0.4, 0.5) is 0 Å². The summed E-state index contributed by atoms with van der Waals surface area (Å²) in [6, 6.07) is 3.88. The van der Waals surface area contributed by atoms with Gasteiger partial charge in [0.2, 0.25) is 0 Å². The molecule has 1 aliphatic rings. The van der Waals surface area contributed by atoms with Crippen molar-refractivity contribution < 1.29 is 4.90 Å². The average molecular weight is 351 g/mol. The van der Waals surface area contributed by atoms with E-state index in [2.05, 4.69) is 22.0 Å². The Balaban J connectivity index is 1.67. The first-order chi connectivity index (χ1) is 12.3. The van der Waals surface area contributed by atoms with Gasteiger partial charge in [0, 0.05) is 24.4 Å². The summed E-state index contributed by atoms with van der Waals surface area (Å²) in [7, 11) is 0. The molecule has 1 N–H and O–H groups in total. The second kappa shape index (κ2) is 5.86. The number of aromatic nitrogens is 5. The predicted octanol–water partition coefficient (Wildman–Crippen LogP) is 1.75. The molecule has 5 heterocycles. The Kier molecular flexibility index (Phi) is 3.50. The van der Waals surface area contributed by atoms with E-state index in [1.54, 1.807) is 23.6 Å². The number of rotatable bonds is 3. The second-order valence-electron chi connectivity index (χ2n) is 6.54. The fourth-order valence-corrected chi connectivity index (χ4v) is 4.97. The molecule has 1 atom stereocenters. The maximum atomic E-state index is 4.83. The number of hydrogen-bond donors (Lipinski definition) is 1. The van der Waals surface area contributed by atoms with Gasteiger partial charge in [-0.2, -0.15) is 0 Å². The van der Waals surface area contributed by atoms with E-state index in [-0.39, 0.29) is 0 Å². The van der Waals surface area contributed by atoms with E-state index in [1.165, 1.54) is 35.3 Å². The minimum atomic E-state index is 0.727. The van der Waals surface area contributed by atoms with Crippen molar-refractivity contribution in [2.45, 2.75) is 26.3 Å². The van der Waals surface area contributed by atoms with Gasteiger partial charge in [-0.05, 0) is 24.1 Å². The first-order valence-corrected chi connectivity index (χ1v) is 9.54. The summed E-state index contributed by atoms with van der Waals surface area (Å²) in [5.74, 6) is 0.727. The molecule has 0 amide bonds. The lowest BCUT2D eigenvalue weighted by Crippen LogP contribution is -3.11. The topological polar surface area (TPSA) is 60.4 Å². The van der Waals surface area contributed by atoms with Crippen LogP contribution in [0.15, 0.2) is 30.9 Å². The maximum Gasteiger partial charge on any atom is 0.182 e. The number of thiophene rings is 1. The zero-order valence-corrected chi connectivity index (χ0v) is 14.9. The molecule has 1 aliphatic heterocycles. The lowest BCUT2D eigenvalue weighted by Gasteiger charge is -2.23. The molecule has 126 valence electrons. The van der Waals surface area contributed by atoms with Gasteiger partial charge in [0.05, 0.1) is 23.4 Å². The van der Waals surface area contributed by atoms with Crippen LogP contribution in [0.3, 0.4) is 0 Å². The molecule has 0 saturated carbocycles. The van der Waals surface area contributed by atoms with Crippen LogP contribution in [-0.2, 0) is 13.0 Å². The highest BCUT2D eigenvalue weighted by Gasteiger charge is 2.26. The minimum absolute atomic E-state index is 0.727. The Morgan fingerprint density at radius 3 is 3.00 bits per heavy atom. The number of nitrogens with zero attached hydrogens (tertiary/aromatic N) is 5. The van der Waals surface area contributed by atoms with Crippen LogP contribution in [0.5, 0.6) is 0 Å². The molecule has 6 nitrogen and oxygen atoms in total. The Bertz CT molecular complexity index is 1050. The fourth-order valence-electron chi connectivity index (χ4n) is 3.72. The van der Waals surface area contributed by atoms with Crippen LogP contribution in [0, 0.1) is 0 Å². The fraction of sp³-hybridized carbons (Fsp3) is 0.333. The summed E-state index contributed by atoms with van der Waals surface area (Å²) in [4.78, 5) is 17.8. The summed E-state index contributed by atoms with van der Waals surface area (Å²) in [5.41, 5.74) is 3.34. The van der Waals surface area contributed by atoms with Gasteiger partial charge in [-0.3, -0.25) is 4.98 Å². The van der Waals surface area contributed by atoms with Crippen LogP contribution in [0.1, 0.15) is 23.8 Å². The first-order valence-electron chi connectivity index (χ1n) is 8.73. The van der Waals surface area contributed by atoms with Crippen LogP contribution in [-0.4, -0.2) is 37.7 Å². The quantitative estimate of drug-likeness (QED) is 0.611. The Morgan fingerprint density at radius 1 is 1.28 bits per heavy atom. The molecule has 5 rings (SSSR count). The minimum Gasteiger partial charge on any atom is -0.330 e. The Hall–Kier alpha value is -2.38. The van der Waals surface area contributed by atoms with Crippen molar-refractivity contribution in [2.24, 2.45) is 0 Å². The summed E-state index contributed by atoms with van der Waals surface area (Å²) in [6.07, 6.45) is 7.66. The molecular formula is C18H19N6S+. The third-order valence-corrected chi connectivity index (χ3v) is 6.03. The highest BCUT2D eigenvalue weighted by atomic mass is 32.1. The van der Waals surface area contributed by atoms with E-state index in [4.69, 9.17) is 4.98 Å². The van der Waals surface area contributed by atoms with Gasteiger partial charge in [-0.15, -0.1) is 16.4 Å². The monoisotopic (exact) mass is 351 g/mol. The summed E-state index contributed by atoms with van der Waals surface area (Å²) in [6.45, 7) is 5.81.